The summed E-state index contributed by atoms with van der Waals surface area (Å²) in [5.41, 5.74) is 1.00. The van der Waals surface area contributed by atoms with Crippen LogP contribution in [0.5, 0.6) is 11.5 Å². The molecule has 0 saturated heterocycles. The second-order valence-corrected chi connectivity index (χ2v) is 3.69. The number of benzene rings is 1. The van der Waals surface area contributed by atoms with Gasteiger partial charge in [0.15, 0.2) is 0 Å². The smallest absolute Gasteiger partial charge is 0.127 e. The van der Waals surface area contributed by atoms with Crippen molar-refractivity contribution in [1.29, 1.82) is 0 Å². The summed E-state index contributed by atoms with van der Waals surface area (Å²) in [4.78, 5) is 0. The van der Waals surface area contributed by atoms with E-state index >= 15 is 0 Å². The lowest BCUT2D eigenvalue weighted by Crippen LogP contribution is -2.09. The Labute approximate surface area is 102 Å². The molecule has 1 aromatic carbocycles. The summed E-state index contributed by atoms with van der Waals surface area (Å²) in [7, 11) is 1.86. The zero-order valence-electron chi connectivity index (χ0n) is 10.5. The van der Waals surface area contributed by atoms with Crippen LogP contribution in [-0.2, 0) is 6.54 Å². The van der Waals surface area contributed by atoms with Gasteiger partial charge in [0.1, 0.15) is 24.8 Å². The largest absolute Gasteiger partial charge is 0.493 e. The Balaban J connectivity index is 2.76. The van der Waals surface area contributed by atoms with Crippen LogP contribution in [0.25, 0.3) is 0 Å². The maximum absolute atomic E-state index is 12.1. The summed E-state index contributed by atoms with van der Waals surface area (Å²) in [6, 6.07) is 5.66. The number of rotatable bonds is 8. The van der Waals surface area contributed by atoms with E-state index in [0.29, 0.717) is 18.9 Å². The van der Waals surface area contributed by atoms with Crippen molar-refractivity contribution in [3.05, 3.63) is 23.8 Å². The minimum atomic E-state index is -0.487. The van der Waals surface area contributed by atoms with Gasteiger partial charge in [-0.2, -0.15) is 0 Å². The summed E-state index contributed by atoms with van der Waals surface area (Å²) in [5, 5.41) is 3.05. The number of halogens is 1. The van der Waals surface area contributed by atoms with Gasteiger partial charge in [0, 0.05) is 18.2 Å². The summed E-state index contributed by atoms with van der Waals surface area (Å²) >= 11 is 0. The molecule has 0 saturated carbocycles. The standard InChI is InChI=1S/C13H20FNO2/c1-3-7-16-12-5-4-11(10-15-2)13(9-12)17-8-6-14/h4-5,9,15H,3,6-8,10H2,1-2H3. The Morgan fingerprint density at radius 2 is 2.06 bits per heavy atom. The van der Waals surface area contributed by atoms with Gasteiger partial charge in [-0.3, -0.25) is 0 Å². The highest BCUT2D eigenvalue weighted by Gasteiger charge is 2.05. The maximum Gasteiger partial charge on any atom is 0.127 e. The lowest BCUT2D eigenvalue weighted by Gasteiger charge is -2.12. The molecule has 0 fully saturated rings. The molecule has 0 heterocycles. The van der Waals surface area contributed by atoms with E-state index < -0.39 is 6.67 Å². The van der Waals surface area contributed by atoms with Crippen LogP contribution in [0.4, 0.5) is 4.39 Å². The Bertz CT molecular complexity index is 331. The van der Waals surface area contributed by atoms with E-state index in [0.717, 1.165) is 17.7 Å². The zero-order chi connectivity index (χ0) is 12.5. The minimum Gasteiger partial charge on any atom is -0.493 e. The maximum atomic E-state index is 12.1. The van der Waals surface area contributed by atoms with Crippen molar-refractivity contribution in [1.82, 2.24) is 5.32 Å². The average molecular weight is 241 g/mol. The van der Waals surface area contributed by atoms with Gasteiger partial charge in [0.25, 0.3) is 0 Å². The molecule has 3 nitrogen and oxygen atoms in total. The van der Waals surface area contributed by atoms with E-state index in [9.17, 15) is 4.39 Å². The fourth-order valence-corrected chi connectivity index (χ4v) is 1.46. The van der Waals surface area contributed by atoms with E-state index in [4.69, 9.17) is 9.47 Å². The molecule has 0 spiro atoms. The number of hydrogen-bond donors (Lipinski definition) is 1. The predicted molar refractivity (Wildman–Crippen MR) is 66.5 cm³/mol. The van der Waals surface area contributed by atoms with Crippen molar-refractivity contribution in [2.45, 2.75) is 19.9 Å². The summed E-state index contributed by atoms with van der Waals surface area (Å²) in [6.45, 7) is 3.01. The molecule has 1 N–H and O–H groups in total. The first-order chi connectivity index (χ1) is 8.31. The van der Waals surface area contributed by atoms with Crippen LogP contribution in [0.2, 0.25) is 0 Å². The summed E-state index contributed by atoms with van der Waals surface area (Å²) in [6.07, 6.45) is 0.957. The van der Waals surface area contributed by atoms with Gasteiger partial charge >= 0.3 is 0 Å². The van der Waals surface area contributed by atoms with Gasteiger partial charge in [-0.15, -0.1) is 0 Å². The molecule has 0 aromatic heterocycles. The quantitative estimate of drug-likeness (QED) is 0.758. The number of ether oxygens (including phenoxy) is 2. The molecule has 96 valence electrons. The third kappa shape index (κ3) is 4.61. The second kappa shape index (κ2) is 7.90. The Morgan fingerprint density at radius 1 is 1.24 bits per heavy atom. The average Bonchev–Trinajstić information content (AvgIpc) is 2.36. The van der Waals surface area contributed by atoms with Gasteiger partial charge in [-0.05, 0) is 19.5 Å². The third-order valence-corrected chi connectivity index (χ3v) is 2.21. The molecule has 4 heteroatoms. The van der Waals surface area contributed by atoms with Crippen molar-refractivity contribution in [2.24, 2.45) is 0 Å². The first-order valence-corrected chi connectivity index (χ1v) is 5.91. The van der Waals surface area contributed by atoms with Crippen molar-refractivity contribution >= 4 is 0 Å². The monoisotopic (exact) mass is 241 g/mol. The molecule has 0 atom stereocenters. The molecule has 1 aromatic rings. The number of alkyl halides is 1. The summed E-state index contributed by atoms with van der Waals surface area (Å²) < 4.78 is 23.0. The fraction of sp³-hybridized carbons (Fsp3) is 0.538. The van der Waals surface area contributed by atoms with E-state index in [1.54, 1.807) is 0 Å². The molecule has 0 aliphatic carbocycles. The van der Waals surface area contributed by atoms with Crippen LogP contribution >= 0.6 is 0 Å². The fourth-order valence-electron chi connectivity index (χ4n) is 1.46. The van der Waals surface area contributed by atoms with Gasteiger partial charge in [0.05, 0.1) is 6.61 Å². The van der Waals surface area contributed by atoms with E-state index in [-0.39, 0.29) is 6.61 Å². The highest BCUT2D eigenvalue weighted by molar-refractivity contribution is 5.40. The van der Waals surface area contributed by atoms with E-state index in [2.05, 4.69) is 12.2 Å². The van der Waals surface area contributed by atoms with Crippen molar-refractivity contribution in [3.63, 3.8) is 0 Å². The SMILES string of the molecule is CCCOc1ccc(CNC)c(OCCF)c1. The Kier molecular flexibility index (Phi) is 6.40. The first-order valence-electron chi connectivity index (χ1n) is 5.91. The molecule has 0 unspecified atom stereocenters. The highest BCUT2D eigenvalue weighted by Crippen LogP contribution is 2.25. The van der Waals surface area contributed by atoms with Crippen LogP contribution in [0.1, 0.15) is 18.9 Å². The second-order valence-electron chi connectivity index (χ2n) is 3.69. The minimum absolute atomic E-state index is 0.0773. The number of nitrogens with one attached hydrogen (secondary N) is 1. The lowest BCUT2D eigenvalue weighted by atomic mass is 10.2. The van der Waals surface area contributed by atoms with Gasteiger partial charge in [0.2, 0.25) is 0 Å². The Morgan fingerprint density at radius 3 is 2.71 bits per heavy atom. The van der Waals surface area contributed by atoms with Crippen LogP contribution < -0.4 is 14.8 Å². The van der Waals surface area contributed by atoms with Crippen LogP contribution in [0, 0.1) is 0 Å². The molecule has 0 aliphatic heterocycles. The first kappa shape index (κ1) is 13.8. The predicted octanol–water partition coefficient (Wildman–Crippen LogP) is 2.54. The Hall–Kier alpha value is -1.29. The molecule has 0 amide bonds. The topological polar surface area (TPSA) is 30.5 Å². The molecule has 1 rings (SSSR count). The third-order valence-electron chi connectivity index (χ3n) is 2.21. The number of hydrogen-bond acceptors (Lipinski definition) is 3. The van der Waals surface area contributed by atoms with Crippen LogP contribution in [-0.4, -0.2) is 26.9 Å². The molecular weight excluding hydrogens is 221 g/mol. The van der Waals surface area contributed by atoms with Gasteiger partial charge < -0.3 is 14.8 Å². The molecule has 0 bridgehead atoms. The highest BCUT2D eigenvalue weighted by atomic mass is 19.1. The molecule has 0 aliphatic rings. The summed E-state index contributed by atoms with van der Waals surface area (Å²) in [5.74, 6) is 1.45. The molecule has 17 heavy (non-hydrogen) atoms. The van der Waals surface area contributed by atoms with Gasteiger partial charge in [-0.1, -0.05) is 13.0 Å². The van der Waals surface area contributed by atoms with E-state index in [1.807, 2.05) is 25.2 Å². The molecule has 0 radical (unpaired) electrons. The normalized spacial score (nSPS) is 10.3. The lowest BCUT2D eigenvalue weighted by molar-refractivity contribution is 0.267. The van der Waals surface area contributed by atoms with Crippen molar-refractivity contribution in [3.8, 4) is 11.5 Å². The zero-order valence-corrected chi connectivity index (χ0v) is 10.5. The van der Waals surface area contributed by atoms with Crippen LogP contribution in [0.15, 0.2) is 18.2 Å². The van der Waals surface area contributed by atoms with E-state index in [1.165, 1.54) is 0 Å². The van der Waals surface area contributed by atoms with Crippen molar-refractivity contribution in [2.75, 3.05) is 26.9 Å². The van der Waals surface area contributed by atoms with Crippen molar-refractivity contribution < 1.29 is 13.9 Å². The van der Waals surface area contributed by atoms with Crippen LogP contribution in [0.3, 0.4) is 0 Å². The van der Waals surface area contributed by atoms with Gasteiger partial charge in [-0.25, -0.2) is 4.39 Å². The molecular formula is C13H20FNO2.